The summed E-state index contributed by atoms with van der Waals surface area (Å²) in [6.07, 6.45) is 3.99. The first-order chi connectivity index (χ1) is 16.7. The first kappa shape index (κ1) is 23.4. The smallest absolute Gasteiger partial charge is 0.244 e. The minimum atomic E-state index is -0.723. The molecule has 0 radical (unpaired) electrons. The van der Waals surface area contributed by atoms with E-state index in [2.05, 4.69) is 32.2 Å². The maximum atomic E-state index is 15.2. The van der Waals surface area contributed by atoms with Crippen LogP contribution in [0.1, 0.15) is 27.2 Å². The number of nitrogens with zero attached hydrogens (tertiary/aromatic N) is 5. The Morgan fingerprint density at radius 1 is 1.29 bits per heavy atom. The molecule has 0 aliphatic carbocycles. The van der Waals surface area contributed by atoms with Crippen molar-refractivity contribution in [2.24, 2.45) is 5.92 Å². The van der Waals surface area contributed by atoms with Gasteiger partial charge in [0.05, 0.1) is 30.0 Å². The zero-order valence-electron chi connectivity index (χ0n) is 20.5. The quantitative estimate of drug-likeness (QED) is 0.433. The molecule has 1 aliphatic rings. The molecule has 1 aliphatic heterocycles. The maximum absolute atomic E-state index is 15.2. The number of piperidine rings is 1. The van der Waals surface area contributed by atoms with Crippen LogP contribution in [0.3, 0.4) is 0 Å². The van der Waals surface area contributed by atoms with Crippen molar-refractivity contribution in [3.63, 3.8) is 0 Å². The van der Waals surface area contributed by atoms with E-state index >= 15 is 4.39 Å². The van der Waals surface area contributed by atoms with Crippen LogP contribution in [0, 0.1) is 11.7 Å². The van der Waals surface area contributed by atoms with E-state index in [1.807, 2.05) is 44.2 Å². The Labute approximate surface area is 203 Å². The number of hydrogen-bond acceptors (Lipinski definition) is 7. The number of pyridine rings is 1. The minimum absolute atomic E-state index is 0.156. The van der Waals surface area contributed by atoms with Crippen LogP contribution in [-0.4, -0.2) is 68.0 Å². The van der Waals surface area contributed by atoms with Crippen LogP contribution >= 0.6 is 0 Å². The minimum Gasteiger partial charge on any atom is -0.479 e. The molecular weight excluding hydrogens is 447 g/mol. The first-order valence-electron chi connectivity index (χ1n) is 11.9. The van der Waals surface area contributed by atoms with Crippen LogP contribution in [0.4, 0.5) is 10.3 Å². The van der Waals surface area contributed by atoms with Crippen LogP contribution in [0.25, 0.3) is 27.5 Å². The summed E-state index contributed by atoms with van der Waals surface area (Å²) in [6.45, 7) is 8.19. The average molecular weight is 479 g/mol. The van der Waals surface area contributed by atoms with Gasteiger partial charge in [0.25, 0.3) is 0 Å². The second-order valence-corrected chi connectivity index (χ2v) is 10.1. The monoisotopic (exact) mass is 478 g/mol. The van der Waals surface area contributed by atoms with Gasteiger partial charge in [-0.25, -0.2) is 8.91 Å². The number of halogens is 1. The fourth-order valence-corrected chi connectivity index (χ4v) is 5.03. The summed E-state index contributed by atoms with van der Waals surface area (Å²) >= 11 is 0. The summed E-state index contributed by atoms with van der Waals surface area (Å²) < 4.78 is 22.3. The molecular formula is C26H31FN6O2. The number of fused-ring (bicyclic) bond motifs is 2. The number of aliphatic hydroxyl groups is 1. The highest BCUT2D eigenvalue weighted by Gasteiger charge is 2.30. The highest BCUT2D eigenvalue weighted by Crippen LogP contribution is 2.35. The summed E-state index contributed by atoms with van der Waals surface area (Å²) in [7, 11) is 1.53. The molecule has 0 saturated carbocycles. The summed E-state index contributed by atoms with van der Waals surface area (Å²) in [4.78, 5) is 11.2. The molecule has 0 spiro atoms. The molecule has 2 N–H and O–H groups in total. The predicted molar refractivity (Wildman–Crippen MR) is 134 cm³/mol. The second-order valence-electron chi connectivity index (χ2n) is 10.1. The van der Waals surface area contributed by atoms with E-state index in [1.165, 1.54) is 17.8 Å². The maximum Gasteiger partial charge on any atom is 0.244 e. The van der Waals surface area contributed by atoms with Gasteiger partial charge < -0.3 is 20.1 Å². The van der Waals surface area contributed by atoms with Gasteiger partial charge in [-0.1, -0.05) is 19.1 Å². The highest BCUT2D eigenvalue weighted by atomic mass is 19.1. The molecule has 4 aromatic rings. The van der Waals surface area contributed by atoms with Gasteiger partial charge in [0.2, 0.25) is 11.8 Å². The molecule has 5 rings (SSSR count). The summed E-state index contributed by atoms with van der Waals surface area (Å²) in [5.41, 5.74) is 1.71. The number of benzene rings is 1. The Balaban J connectivity index is 1.44. The van der Waals surface area contributed by atoms with Gasteiger partial charge in [0.1, 0.15) is 5.52 Å². The SMILES string of the molecule is COc1nc(N[C@H]2CCN(CC(C)(C)O)C[C@H]2C)nn2cc(F)c(-c3ccc4ncccc4c3)c12. The largest absolute Gasteiger partial charge is 0.479 e. The van der Waals surface area contributed by atoms with Gasteiger partial charge in [-0.15, -0.1) is 5.10 Å². The molecule has 2 atom stereocenters. The number of anilines is 1. The van der Waals surface area contributed by atoms with E-state index < -0.39 is 11.4 Å². The molecule has 184 valence electrons. The average Bonchev–Trinajstić information content (AvgIpc) is 3.14. The van der Waals surface area contributed by atoms with Crippen molar-refractivity contribution in [1.29, 1.82) is 0 Å². The van der Waals surface area contributed by atoms with Crippen molar-refractivity contribution in [1.82, 2.24) is 24.5 Å². The van der Waals surface area contributed by atoms with Gasteiger partial charge in [-0.2, -0.15) is 4.98 Å². The van der Waals surface area contributed by atoms with E-state index in [4.69, 9.17) is 4.74 Å². The lowest BCUT2D eigenvalue weighted by atomic mass is 9.93. The van der Waals surface area contributed by atoms with Crippen molar-refractivity contribution >= 4 is 22.4 Å². The third kappa shape index (κ3) is 4.78. The number of likely N-dealkylation sites (tertiary alicyclic amines) is 1. The van der Waals surface area contributed by atoms with Crippen molar-refractivity contribution in [3.8, 4) is 17.0 Å². The van der Waals surface area contributed by atoms with E-state index in [-0.39, 0.29) is 6.04 Å². The molecule has 0 amide bonds. The van der Waals surface area contributed by atoms with Crippen LogP contribution in [0.5, 0.6) is 5.88 Å². The predicted octanol–water partition coefficient (Wildman–Crippen LogP) is 3.99. The Morgan fingerprint density at radius 2 is 2.11 bits per heavy atom. The number of ether oxygens (including phenoxy) is 1. The fraction of sp³-hybridized carbons (Fsp3) is 0.423. The van der Waals surface area contributed by atoms with Gasteiger partial charge in [0, 0.05) is 37.3 Å². The number of methoxy groups -OCH3 is 1. The van der Waals surface area contributed by atoms with E-state index in [9.17, 15) is 5.11 Å². The van der Waals surface area contributed by atoms with E-state index in [0.29, 0.717) is 40.9 Å². The van der Waals surface area contributed by atoms with Crippen molar-refractivity contribution < 1.29 is 14.2 Å². The lowest BCUT2D eigenvalue weighted by Crippen LogP contribution is -2.49. The molecule has 35 heavy (non-hydrogen) atoms. The molecule has 0 unspecified atom stereocenters. The van der Waals surface area contributed by atoms with Crippen molar-refractivity contribution in [3.05, 3.63) is 48.5 Å². The number of rotatable bonds is 6. The highest BCUT2D eigenvalue weighted by molar-refractivity contribution is 5.91. The zero-order valence-corrected chi connectivity index (χ0v) is 20.5. The Morgan fingerprint density at radius 3 is 2.86 bits per heavy atom. The fourth-order valence-electron chi connectivity index (χ4n) is 5.03. The molecule has 1 aromatic carbocycles. The van der Waals surface area contributed by atoms with Crippen LogP contribution < -0.4 is 10.1 Å². The summed E-state index contributed by atoms with van der Waals surface area (Å²) in [6, 6.07) is 9.60. The third-order valence-corrected chi connectivity index (χ3v) is 6.55. The van der Waals surface area contributed by atoms with E-state index in [1.54, 1.807) is 6.20 Å². The Kier molecular flexibility index (Phi) is 6.06. The first-order valence-corrected chi connectivity index (χ1v) is 11.9. The van der Waals surface area contributed by atoms with Crippen LogP contribution in [0.15, 0.2) is 42.7 Å². The number of β-amino-alcohol motifs (C(OH)–C–C–N with tert-alkyl or cyclic N) is 1. The lowest BCUT2D eigenvalue weighted by Gasteiger charge is -2.39. The number of aromatic nitrogens is 4. The standard InChI is InChI=1S/C26H31FN6O2/c1-16-13-32(15-26(2,3)34)11-9-20(16)29-25-30-24(35-4)23-22(19(27)14-33(23)31-25)18-7-8-21-17(12-18)6-5-10-28-21/h5-8,10,12,14,16,20,34H,9,11,13,15H2,1-4H3,(H,29,31)/t16-,20+/m1/s1. The number of nitrogens with one attached hydrogen (secondary N) is 1. The second kappa shape index (κ2) is 9.05. The van der Waals surface area contributed by atoms with Crippen LogP contribution in [-0.2, 0) is 0 Å². The Hall–Kier alpha value is -3.30. The van der Waals surface area contributed by atoms with Gasteiger partial charge >= 0.3 is 0 Å². The molecule has 1 fully saturated rings. The lowest BCUT2D eigenvalue weighted by molar-refractivity contribution is 0.0213. The van der Waals surface area contributed by atoms with Crippen molar-refractivity contribution in [2.45, 2.75) is 38.8 Å². The third-order valence-electron chi connectivity index (χ3n) is 6.55. The van der Waals surface area contributed by atoms with E-state index in [0.717, 1.165) is 30.4 Å². The zero-order chi connectivity index (χ0) is 24.7. The topological polar surface area (TPSA) is 87.8 Å². The normalized spacial score (nSPS) is 19.4. The van der Waals surface area contributed by atoms with Gasteiger partial charge in [-0.05, 0) is 49.9 Å². The summed E-state index contributed by atoms with van der Waals surface area (Å²) in [5, 5.41) is 19.1. The summed E-state index contributed by atoms with van der Waals surface area (Å²) in [5.74, 6) is 0.622. The van der Waals surface area contributed by atoms with Crippen LogP contribution in [0.2, 0.25) is 0 Å². The van der Waals surface area contributed by atoms with Gasteiger partial charge in [-0.3, -0.25) is 4.98 Å². The Bertz CT molecular complexity index is 1370. The van der Waals surface area contributed by atoms with Crippen molar-refractivity contribution in [2.75, 3.05) is 32.1 Å². The molecule has 1 saturated heterocycles. The van der Waals surface area contributed by atoms with Gasteiger partial charge in [0.15, 0.2) is 5.82 Å². The number of hydrogen-bond donors (Lipinski definition) is 2. The molecule has 9 heteroatoms. The molecule has 0 bridgehead atoms. The molecule has 4 heterocycles. The molecule has 8 nitrogen and oxygen atoms in total. The molecule has 3 aromatic heterocycles.